The molecule has 0 amide bonds. The lowest BCUT2D eigenvalue weighted by Crippen LogP contribution is -2.01. The van der Waals surface area contributed by atoms with Gasteiger partial charge in [0.15, 0.2) is 0 Å². The highest BCUT2D eigenvalue weighted by molar-refractivity contribution is 7.09. The highest BCUT2D eigenvalue weighted by Gasteiger charge is 2.02. The van der Waals surface area contributed by atoms with Gasteiger partial charge in [0.1, 0.15) is 0 Å². The molecular weight excluding hydrogens is 206 g/mol. The van der Waals surface area contributed by atoms with Crippen LogP contribution in [0.3, 0.4) is 0 Å². The first-order valence-corrected chi connectivity index (χ1v) is 5.62. The van der Waals surface area contributed by atoms with Crippen LogP contribution in [0.1, 0.15) is 10.6 Å². The minimum Gasteiger partial charge on any atom is -0.397 e. The van der Waals surface area contributed by atoms with E-state index in [2.05, 4.69) is 10.3 Å². The van der Waals surface area contributed by atoms with Crippen LogP contribution >= 0.6 is 11.3 Å². The molecule has 0 fully saturated rings. The molecule has 1 heterocycles. The molecule has 3 N–H and O–H groups in total. The molecule has 4 heteroatoms. The van der Waals surface area contributed by atoms with Crippen LogP contribution in [0.4, 0.5) is 11.4 Å². The number of nitrogens with one attached hydrogen (secondary N) is 1. The normalized spacial score (nSPS) is 10.2. The largest absolute Gasteiger partial charge is 0.397 e. The summed E-state index contributed by atoms with van der Waals surface area (Å²) in [7, 11) is 0. The van der Waals surface area contributed by atoms with Gasteiger partial charge in [-0.25, -0.2) is 4.98 Å². The maximum atomic E-state index is 5.82. The minimum atomic E-state index is 0.777. The Bertz CT molecular complexity index is 451. The van der Waals surface area contributed by atoms with Gasteiger partial charge < -0.3 is 11.1 Å². The van der Waals surface area contributed by atoms with E-state index in [9.17, 15) is 0 Å². The van der Waals surface area contributed by atoms with E-state index in [0.29, 0.717) is 0 Å². The zero-order valence-corrected chi connectivity index (χ0v) is 9.34. The molecule has 0 saturated heterocycles. The van der Waals surface area contributed by atoms with Crippen molar-refractivity contribution < 1.29 is 0 Å². The number of hydrogen-bond donors (Lipinski definition) is 2. The summed E-state index contributed by atoms with van der Waals surface area (Å²) >= 11 is 1.66. The minimum absolute atomic E-state index is 0.777. The summed E-state index contributed by atoms with van der Waals surface area (Å²) in [5.41, 5.74) is 10.5. The Morgan fingerprint density at radius 2 is 2.20 bits per heavy atom. The summed E-state index contributed by atoms with van der Waals surface area (Å²) in [5, 5.41) is 3.30. The molecule has 1 aromatic carbocycles. The van der Waals surface area contributed by atoms with Crippen molar-refractivity contribution in [3.63, 3.8) is 0 Å². The molecule has 0 spiro atoms. The molecule has 2 aromatic rings. The second kappa shape index (κ2) is 4.31. The van der Waals surface area contributed by atoms with Gasteiger partial charge in [-0.3, -0.25) is 0 Å². The number of rotatable bonds is 3. The molecule has 0 bridgehead atoms. The van der Waals surface area contributed by atoms with E-state index in [4.69, 9.17) is 5.73 Å². The molecule has 0 unspecified atom stereocenters. The van der Waals surface area contributed by atoms with E-state index < -0.39 is 0 Å². The summed E-state index contributed by atoms with van der Waals surface area (Å²) < 4.78 is 0. The van der Waals surface area contributed by atoms with Crippen LogP contribution in [-0.4, -0.2) is 4.98 Å². The number of thiazole rings is 1. The fourth-order valence-corrected chi connectivity index (χ4v) is 2.05. The molecule has 1 aromatic heterocycles. The standard InChI is InChI=1S/C11H13N3S/c1-8-11(15-7-14-8)6-13-10-5-3-2-4-9(10)12/h2-5,7,13H,6,12H2,1H3. The Morgan fingerprint density at radius 3 is 2.87 bits per heavy atom. The average molecular weight is 219 g/mol. The Kier molecular flexibility index (Phi) is 2.87. The molecule has 15 heavy (non-hydrogen) atoms. The third kappa shape index (κ3) is 2.27. The van der Waals surface area contributed by atoms with E-state index in [1.807, 2.05) is 36.7 Å². The molecule has 0 aliphatic heterocycles. The van der Waals surface area contributed by atoms with Gasteiger partial charge >= 0.3 is 0 Å². The van der Waals surface area contributed by atoms with Crippen LogP contribution in [0.2, 0.25) is 0 Å². The molecular formula is C11H13N3S. The van der Waals surface area contributed by atoms with Gasteiger partial charge in [-0.15, -0.1) is 11.3 Å². The van der Waals surface area contributed by atoms with Gasteiger partial charge in [0.2, 0.25) is 0 Å². The summed E-state index contributed by atoms with van der Waals surface area (Å²) in [6.07, 6.45) is 0. The van der Waals surface area contributed by atoms with Gasteiger partial charge in [-0.1, -0.05) is 12.1 Å². The molecule has 3 nitrogen and oxygen atoms in total. The zero-order chi connectivity index (χ0) is 10.7. The fourth-order valence-electron chi connectivity index (χ4n) is 1.33. The number of aromatic nitrogens is 1. The first kappa shape index (κ1) is 9.98. The first-order valence-electron chi connectivity index (χ1n) is 4.74. The lowest BCUT2D eigenvalue weighted by Gasteiger charge is -2.07. The summed E-state index contributed by atoms with van der Waals surface area (Å²) in [4.78, 5) is 5.45. The van der Waals surface area contributed by atoms with E-state index in [1.54, 1.807) is 11.3 Å². The highest BCUT2D eigenvalue weighted by Crippen LogP contribution is 2.19. The third-order valence-electron chi connectivity index (χ3n) is 2.25. The summed E-state index contributed by atoms with van der Waals surface area (Å²) in [6.45, 7) is 2.80. The van der Waals surface area contributed by atoms with Crippen molar-refractivity contribution in [1.29, 1.82) is 0 Å². The Balaban J connectivity index is 2.06. The maximum Gasteiger partial charge on any atom is 0.0798 e. The number of benzene rings is 1. The molecule has 78 valence electrons. The SMILES string of the molecule is Cc1ncsc1CNc1ccccc1N. The molecule has 0 radical (unpaired) electrons. The Hall–Kier alpha value is -1.55. The number of hydrogen-bond acceptors (Lipinski definition) is 4. The summed E-state index contributed by atoms with van der Waals surface area (Å²) in [5.74, 6) is 0. The van der Waals surface area contributed by atoms with E-state index >= 15 is 0 Å². The second-order valence-corrected chi connectivity index (χ2v) is 4.24. The van der Waals surface area contributed by atoms with E-state index in [-0.39, 0.29) is 0 Å². The quantitative estimate of drug-likeness (QED) is 0.780. The number of nitrogens with two attached hydrogens (primary N) is 1. The zero-order valence-electron chi connectivity index (χ0n) is 8.53. The topological polar surface area (TPSA) is 50.9 Å². The second-order valence-electron chi connectivity index (χ2n) is 3.30. The maximum absolute atomic E-state index is 5.82. The van der Waals surface area contributed by atoms with Gasteiger partial charge in [0.05, 0.1) is 29.1 Å². The summed E-state index contributed by atoms with van der Waals surface area (Å²) in [6, 6.07) is 7.77. The van der Waals surface area contributed by atoms with Crippen molar-refractivity contribution in [2.45, 2.75) is 13.5 Å². The lowest BCUT2D eigenvalue weighted by atomic mass is 10.2. The molecule has 0 aliphatic carbocycles. The predicted molar refractivity (Wildman–Crippen MR) is 65.0 cm³/mol. The van der Waals surface area contributed by atoms with Crippen LogP contribution in [0, 0.1) is 6.92 Å². The van der Waals surface area contributed by atoms with E-state index in [1.165, 1.54) is 4.88 Å². The van der Waals surface area contributed by atoms with Crippen molar-refractivity contribution in [2.24, 2.45) is 0 Å². The number of anilines is 2. The number of aryl methyl sites for hydroxylation is 1. The molecule has 2 rings (SSSR count). The highest BCUT2D eigenvalue weighted by atomic mass is 32.1. The van der Waals surface area contributed by atoms with Crippen LogP contribution in [0.25, 0.3) is 0 Å². The van der Waals surface area contributed by atoms with Gasteiger partial charge in [0.25, 0.3) is 0 Å². The molecule has 0 aliphatic rings. The average Bonchev–Trinajstić information content (AvgIpc) is 2.63. The van der Waals surface area contributed by atoms with Crippen molar-refractivity contribution in [3.8, 4) is 0 Å². The number of nitrogen functional groups attached to an aromatic ring is 1. The van der Waals surface area contributed by atoms with Crippen molar-refractivity contribution in [3.05, 3.63) is 40.3 Å². The predicted octanol–water partition coefficient (Wildman–Crippen LogP) is 2.65. The van der Waals surface area contributed by atoms with Crippen molar-refractivity contribution in [1.82, 2.24) is 4.98 Å². The first-order chi connectivity index (χ1) is 7.27. The van der Waals surface area contributed by atoms with Crippen LogP contribution in [0.5, 0.6) is 0 Å². The van der Waals surface area contributed by atoms with Gasteiger partial charge in [-0.2, -0.15) is 0 Å². The number of nitrogens with zero attached hydrogens (tertiary/aromatic N) is 1. The van der Waals surface area contributed by atoms with Crippen LogP contribution in [0.15, 0.2) is 29.8 Å². The van der Waals surface area contributed by atoms with Crippen molar-refractivity contribution in [2.75, 3.05) is 11.1 Å². The third-order valence-corrected chi connectivity index (χ3v) is 3.18. The molecule has 0 atom stereocenters. The Labute approximate surface area is 93.0 Å². The van der Waals surface area contributed by atoms with Gasteiger partial charge in [0, 0.05) is 4.88 Å². The van der Waals surface area contributed by atoms with Crippen LogP contribution < -0.4 is 11.1 Å². The van der Waals surface area contributed by atoms with Gasteiger partial charge in [-0.05, 0) is 19.1 Å². The molecule has 0 saturated carbocycles. The lowest BCUT2D eigenvalue weighted by molar-refractivity contribution is 1.12. The fraction of sp³-hybridized carbons (Fsp3) is 0.182. The van der Waals surface area contributed by atoms with Crippen LogP contribution in [-0.2, 0) is 6.54 Å². The van der Waals surface area contributed by atoms with Crippen molar-refractivity contribution >= 4 is 22.7 Å². The monoisotopic (exact) mass is 219 g/mol. The Morgan fingerprint density at radius 1 is 1.40 bits per heavy atom. The number of para-hydroxylation sites is 2. The smallest absolute Gasteiger partial charge is 0.0798 e. The van der Waals surface area contributed by atoms with E-state index in [0.717, 1.165) is 23.6 Å².